The topological polar surface area (TPSA) is 35.6 Å². The molecule has 0 radical (unpaired) electrons. The predicted molar refractivity (Wildman–Crippen MR) is 87.9 cm³/mol. The molecular weight excluding hydrogens is 292 g/mol. The first-order chi connectivity index (χ1) is 9.51. The van der Waals surface area contributed by atoms with Gasteiger partial charge in [0, 0.05) is 18.8 Å². The number of aromatic nitrogens is 4. The van der Waals surface area contributed by atoms with Gasteiger partial charge in [0.25, 0.3) is 0 Å². The van der Waals surface area contributed by atoms with Crippen molar-refractivity contribution in [2.75, 3.05) is 12.0 Å². The fourth-order valence-corrected chi connectivity index (χ4v) is 3.44. The molecule has 0 saturated heterocycles. The highest BCUT2D eigenvalue weighted by Gasteiger charge is 2.23. The first-order valence-corrected chi connectivity index (χ1v) is 8.90. The molecule has 2 unspecified atom stereocenters. The summed E-state index contributed by atoms with van der Waals surface area (Å²) in [7, 11) is 1.99. The van der Waals surface area contributed by atoms with Crippen molar-refractivity contribution in [3.63, 3.8) is 0 Å². The smallest absolute Gasteiger partial charge is 0.158 e. The highest BCUT2D eigenvalue weighted by Crippen LogP contribution is 2.30. The Bertz CT molecular complexity index is 588. The number of thioether (sulfide) groups is 1. The summed E-state index contributed by atoms with van der Waals surface area (Å²) < 4.78 is 4.21. The van der Waals surface area contributed by atoms with Crippen molar-refractivity contribution < 1.29 is 0 Å². The zero-order valence-electron chi connectivity index (χ0n) is 12.9. The van der Waals surface area contributed by atoms with Gasteiger partial charge in [-0.15, -0.1) is 11.6 Å². The second-order valence-electron chi connectivity index (χ2n) is 5.25. The molecule has 2 aromatic rings. The zero-order valence-corrected chi connectivity index (χ0v) is 14.4. The lowest BCUT2D eigenvalue weighted by Gasteiger charge is -2.17. The third-order valence-electron chi connectivity index (χ3n) is 3.45. The molecule has 4 nitrogen and oxygen atoms in total. The van der Waals surface area contributed by atoms with Gasteiger partial charge in [-0.3, -0.25) is 4.68 Å². The van der Waals surface area contributed by atoms with Crippen molar-refractivity contribution >= 4 is 34.5 Å². The van der Waals surface area contributed by atoms with Crippen molar-refractivity contribution in [3.8, 4) is 0 Å². The third kappa shape index (κ3) is 2.70. The summed E-state index contributed by atoms with van der Waals surface area (Å²) >= 11 is 8.18. The summed E-state index contributed by atoms with van der Waals surface area (Å²) in [5.41, 5.74) is 3.20. The van der Waals surface area contributed by atoms with E-state index in [4.69, 9.17) is 16.6 Å². The lowest BCUT2D eigenvalue weighted by Crippen LogP contribution is -2.14. The maximum atomic E-state index is 6.34. The minimum Gasteiger partial charge on any atom is -0.308 e. The molecule has 2 aromatic heterocycles. The summed E-state index contributed by atoms with van der Waals surface area (Å²) in [5.74, 6) is 1.99. The van der Waals surface area contributed by atoms with Crippen LogP contribution < -0.4 is 0 Å². The predicted octanol–water partition coefficient (Wildman–Crippen LogP) is 3.95. The van der Waals surface area contributed by atoms with E-state index in [9.17, 15) is 0 Å². The SMILES string of the molecule is CCCc1nn(C)c2c1nc(C(C)Cl)n2C(C)CSC. The average Bonchev–Trinajstić information content (AvgIpc) is 2.90. The number of hydrogen-bond acceptors (Lipinski definition) is 3. The van der Waals surface area contributed by atoms with Gasteiger partial charge in [-0.05, 0) is 26.5 Å². The van der Waals surface area contributed by atoms with Crippen LogP contribution in [0.25, 0.3) is 11.2 Å². The van der Waals surface area contributed by atoms with Gasteiger partial charge in [0.2, 0.25) is 0 Å². The van der Waals surface area contributed by atoms with Crippen LogP contribution in [0, 0.1) is 0 Å². The normalized spacial score (nSPS) is 14.9. The molecule has 0 aliphatic heterocycles. The van der Waals surface area contributed by atoms with E-state index in [0.717, 1.165) is 41.3 Å². The van der Waals surface area contributed by atoms with Crippen molar-refractivity contribution in [2.45, 2.75) is 45.0 Å². The van der Waals surface area contributed by atoms with Gasteiger partial charge in [-0.2, -0.15) is 16.9 Å². The fourth-order valence-electron chi connectivity index (χ4n) is 2.66. The van der Waals surface area contributed by atoms with E-state index in [1.807, 2.05) is 30.4 Å². The van der Waals surface area contributed by atoms with Crippen molar-refractivity contribution in [1.82, 2.24) is 19.3 Å². The Hall–Kier alpha value is -0.680. The van der Waals surface area contributed by atoms with E-state index in [2.05, 4.69) is 29.8 Å². The van der Waals surface area contributed by atoms with Gasteiger partial charge >= 0.3 is 0 Å². The van der Waals surface area contributed by atoms with Crippen LogP contribution in [0.2, 0.25) is 0 Å². The van der Waals surface area contributed by atoms with Gasteiger partial charge in [-0.1, -0.05) is 13.3 Å². The summed E-state index contributed by atoms with van der Waals surface area (Å²) in [4.78, 5) is 4.79. The van der Waals surface area contributed by atoms with E-state index in [-0.39, 0.29) is 5.38 Å². The van der Waals surface area contributed by atoms with Crippen LogP contribution in [0.3, 0.4) is 0 Å². The number of aryl methyl sites for hydroxylation is 2. The number of rotatable bonds is 6. The Morgan fingerprint density at radius 2 is 2.05 bits per heavy atom. The van der Waals surface area contributed by atoms with Crippen LogP contribution in [0.4, 0.5) is 0 Å². The summed E-state index contributed by atoms with van der Waals surface area (Å²) in [6.07, 6.45) is 4.16. The number of nitrogens with zero attached hydrogens (tertiary/aromatic N) is 4. The van der Waals surface area contributed by atoms with Crippen LogP contribution in [0.1, 0.15) is 50.1 Å². The fraction of sp³-hybridized carbons (Fsp3) is 0.714. The molecule has 112 valence electrons. The first-order valence-electron chi connectivity index (χ1n) is 7.07. The second kappa shape index (κ2) is 6.39. The molecule has 0 fully saturated rings. The Balaban J connectivity index is 2.65. The van der Waals surface area contributed by atoms with E-state index in [0.29, 0.717) is 6.04 Å². The lowest BCUT2D eigenvalue weighted by molar-refractivity contribution is 0.572. The molecule has 0 spiro atoms. The average molecular weight is 315 g/mol. The molecule has 20 heavy (non-hydrogen) atoms. The van der Waals surface area contributed by atoms with E-state index >= 15 is 0 Å². The largest absolute Gasteiger partial charge is 0.308 e. The van der Waals surface area contributed by atoms with Crippen LogP contribution in [-0.4, -0.2) is 31.3 Å². The Morgan fingerprint density at radius 1 is 1.35 bits per heavy atom. The molecule has 0 saturated carbocycles. The van der Waals surface area contributed by atoms with Crippen LogP contribution in [0.15, 0.2) is 0 Å². The molecule has 0 aromatic carbocycles. The van der Waals surface area contributed by atoms with E-state index in [1.54, 1.807) is 0 Å². The van der Waals surface area contributed by atoms with Crippen molar-refractivity contribution in [3.05, 3.63) is 11.5 Å². The first kappa shape index (κ1) is 15.7. The number of imidazole rings is 1. The molecular formula is C14H23ClN4S. The molecule has 0 bridgehead atoms. The maximum Gasteiger partial charge on any atom is 0.158 e. The van der Waals surface area contributed by atoms with Gasteiger partial charge in [0.15, 0.2) is 5.65 Å². The molecule has 0 aliphatic rings. The Kier molecular flexibility index (Phi) is 5.02. The molecule has 2 atom stereocenters. The highest BCUT2D eigenvalue weighted by atomic mass is 35.5. The summed E-state index contributed by atoms with van der Waals surface area (Å²) in [6.45, 7) is 6.36. The van der Waals surface area contributed by atoms with Crippen molar-refractivity contribution in [1.29, 1.82) is 0 Å². The zero-order chi connectivity index (χ0) is 14.9. The van der Waals surface area contributed by atoms with Gasteiger partial charge in [0.05, 0.1) is 11.1 Å². The quantitative estimate of drug-likeness (QED) is 0.757. The van der Waals surface area contributed by atoms with E-state index in [1.165, 1.54) is 0 Å². The minimum atomic E-state index is -0.0961. The van der Waals surface area contributed by atoms with Crippen LogP contribution >= 0.6 is 23.4 Å². The Labute approximate surface area is 129 Å². The van der Waals surface area contributed by atoms with Gasteiger partial charge < -0.3 is 4.57 Å². The van der Waals surface area contributed by atoms with Crippen LogP contribution in [-0.2, 0) is 13.5 Å². The molecule has 0 aliphatic carbocycles. The number of fused-ring (bicyclic) bond motifs is 1. The number of alkyl halides is 1. The van der Waals surface area contributed by atoms with Crippen molar-refractivity contribution in [2.24, 2.45) is 7.05 Å². The minimum absolute atomic E-state index is 0.0961. The monoisotopic (exact) mass is 314 g/mol. The Morgan fingerprint density at radius 3 is 2.60 bits per heavy atom. The molecule has 2 heterocycles. The molecule has 6 heteroatoms. The van der Waals surface area contributed by atoms with E-state index < -0.39 is 0 Å². The van der Waals surface area contributed by atoms with Gasteiger partial charge in [-0.25, -0.2) is 4.98 Å². The van der Waals surface area contributed by atoms with Gasteiger partial charge in [0.1, 0.15) is 11.3 Å². The molecule has 2 rings (SSSR count). The lowest BCUT2D eigenvalue weighted by atomic mass is 10.2. The molecule has 0 N–H and O–H groups in total. The summed E-state index contributed by atoms with van der Waals surface area (Å²) in [6, 6.07) is 0.357. The standard InChI is InChI=1S/C14H23ClN4S/c1-6-7-11-12-14(18(4)17-11)19(9(2)8-20-5)13(16-12)10(3)15/h9-10H,6-8H2,1-5H3. The maximum absolute atomic E-state index is 6.34. The second-order valence-corrected chi connectivity index (χ2v) is 6.82. The highest BCUT2D eigenvalue weighted by molar-refractivity contribution is 7.98. The molecule has 0 amide bonds. The van der Waals surface area contributed by atoms with Crippen LogP contribution in [0.5, 0.6) is 0 Å². The number of hydrogen-bond donors (Lipinski definition) is 0. The third-order valence-corrected chi connectivity index (χ3v) is 4.47. The number of halogens is 1. The summed E-state index contributed by atoms with van der Waals surface area (Å²) in [5, 5.41) is 4.53.